The monoisotopic (exact) mass is 444 g/mol. The standard InChI is InChI=1S/C22H27F3O4S/c1-11-6-13-14-8-16(24)15-7-12(26)4-5-19(15,2)21(14,25)17(27)9-20(13,3)22(11,29)18(28)30-10-23/h4-5,7,11,13-14,16-17,27,29H,6,8-10H2,1-3H3/t11-,13?,14+,16+,17?,19+,20+,21+,22+/m1/s1. The summed E-state index contributed by atoms with van der Waals surface area (Å²) in [4.78, 5) is 24.6. The van der Waals surface area contributed by atoms with Crippen molar-refractivity contribution >= 4 is 22.7 Å². The number of ketones is 1. The number of fused-ring (bicyclic) bond motifs is 5. The summed E-state index contributed by atoms with van der Waals surface area (Å²) >= 11 is 0.371. The number of hydrogen-bond donors (Lipinski definition) is 2. The van der Waals surface area contributed by atoms with Gasteiger partial charge in [0.05, 0.1) is 6.10 Å². The highest BCUT2D eigenvalue weighted by molar-refractivity contribution is 8.13. The van der Waals surface area contributed by atoms with Crippen molar-refractivity contribution in [1.82, 2.24) is 0 Å². The average Bonchev–Trinajstić information content (AvgIpc) is 2.88. The van der Waals surface area contributed by atoms with Gasteiger partial charge in [-0.1, -0.05) is 31.7 Å². The highest BCUT2D eigenvalue weighted by Gasteiger charge is 2.76. The van der Waals surface area contributed by atoms with Gasteiger partial charge in [0.25, 0.3) is 0 Å². The lowest BCUT2D eigenvalue weighted by Gasteiger charge is -2.63. The zero-order chi connectivity index (χ0) is 22.3. The summed E-state index contributed by atoms with van der Waals surface area (Å²) < 4.78 is 45.1. The molecule has 3 fully saturated rings. The quantitative estimate of drug-likeness (QED) is 0.682. The summed E-state index contributed by atoms with van der Waals surface area (Å²) in [5.74, 6) is -2.57. The van der Waals surface area contributed by atoms with E-state index in [9.17, 15) is 24.2 Å². The number of carbonyl (C=O) groups is 2. The number of carbonyl (C=O) groups excluding carboxylic acids is 2. The van der Waals surface area contributed by atoms with E-state index < -0.39 is 69.0 Å². The molecule has 166 valence electrons. The van der Waals surface area contributed by atoms with Crippen molar-refractivity contribution in [3.63, 3.8) is 0 Å². The van der Waals surface area contributed by atoms with Crippen LogP contribution in [0.3, 0.4) is 0 Å². The van der Waals surface area contributed by atoms with Gasteiger partial charge in [0, 0.05) is 16.7 Å². The summed E-state index contributed by atoms with van der Waals surface area (Å²) in [5.41, 5.74) is -6.91. The Morgan fingerprint density at radius 1 is 1.30 bits per heavy atom. The first-order valence-electron chi connectivity index (χ1n) is 10.3. The van der Waals surface area contributed by atoms with Crippen LogP contribution < -0.4 is 0 Å². The molecule has 0 aromatic carbocycles. The second-order valence-electron chi connectivity index (χ2n) is 9.80. The van der Waals surface area contributed by atoms with Gasteiger partial charge in [-0.2, -0.15) is 0 Å². The Morgan fingerprint density at radius 3 is 2.60 bits per heavy atom. The van der Waals surface area contributed by atoms with Crippen LogP contribution >= 0.6 is 11.8 Å². The molecule has 0 aromatic heterocycles. The topological polar surface area (TPSA) is 74.6 Å². The van der Waals surface area contributed by atoms with E-state index >= 15 is 8.78 Å². The molecule has 0 aliphatic heterocycles. The normalized spacial score (nSPS) is 52.3. The van der Waals surface area contributed by atoms with E-state index in [0.717, 1.165) is 6.08 Å². The number of hydrogen-bond acceptors (Lipinski definition) is 5. The minimum absolute atomic E-state index is 0.0294. The van der Waals surface area contributed by atoms with Gasteiger partial charge in [-0.15, -0.1) is 0 Å². The van der Waals surface area contributed by atoms with Crippen molar-refractivity contribution in [2.75, 3.05) is 6.01 Å². The van der Waals surface area contributed by atoms with Gasteiger partial charge >= 0.3 is 0 Å². The van der Waals surface area contributed by atoms with Gasteiger partial charge in [0.1, 0.15) is 17.8 Å². The van der Waals surface area contributed by atoms with Gasteiger partial charge in [0.2, 0.25) is 5.12 Å². The Hall–Kier alpha value is -1.12. The molecule has 4 aliphatic rings. The fourth-order valence-electron chi connectivity index (χ4n) is 7.13. The molecule has 0 radical (unpaired) electrons. The van der Waals surface area contributed by atoms with Crippen LogP contribution in [0.1, 0.15) is 40.0 Å². The number of aliphatic hydroxyl groups excluding tert-OH is 1. The molecule has 30 heavy (non-hydrogen) atoms. The minimum atomic E-state index is -2.26. The molecule has 8 heteroatoms. The highest BCUT2D eigenvalue weighted by Crippen LogP contribution is 2.71. The van der Waals surface area contributed by atoms with Crippen LogP contribution in [0.5, 0.6) is 0 Å². The molecular weight excluding hydrogens is 417 g/mol. The Morgan fingerprint density at radius 2 is 1.97 bits per heavy atom. The fraction of sp³-hybridized carbons (Fsp3) is 0.727. The maximum Gasteiger partial charge on any atom is 0.223 e. The molecule has 0 saturated heterocycles. The number of thioether (sulfide) groups is 1. The van der Waals surface area contributed by atoms with Crippen LogP contribution in [0.2, 0.25) is 0 Å². The third kappa shape index (κ3) is 2.39. The van der Waals surface area contributed by atoms with Crippen LogP contribution in [0.15, 0.2) is 23.8 Å². The van der Waals surface area contributed by atoms with Crippen LogP contribution in [-0.2, 0) is 9.59 Å². The molecule has 0 spiro atoms. The second-order valence-corrected chi connectivity index (χ2v) is 10.7. The Balaban J connectivity index is 1.84. The first-order chi connectivity index (χ1) is 13.9. The van der Waals surface area contributed by atoms with Gasteiger partial charge in [0.15, 0.2) is 11.5 Å². The van der Waals surface area contributed by atoms with E-state index in [0.29, 0.717) is 11.8 Å². The predicted octanol–water partition coefficient (Wildman–Crippen LogP) is 3.47. The van der Waals surface area contributed by atoms with Gasteiger partial charge in [-0.3, -0.25) is 9.59 Å². The lowest BCUT2D eigenvalue weighted by molar-refractivity contribution is -0.221. The van der Waals surface area contributed by atoms with Crippen molar-refractivity contribution in [2.24, 2.45) is 28.6 Å². The molecule has 0 heterocycles. The van der Waals surface area contributed by atoms with Crippen LogP contribution in [-0.4, -0.2) is 50.7 Å². The third-order valence-corrected chi connectivity index (χ3v) is 9.39. The fourth-order valence-corrected chi connectivity index (χ4v) is 7.89. The summed E-state index contributed by atoms with van der Waals surface area (Å²) in [6.45, 7) is 4.79. The lowest BCUT2D eigenvalue weighted by atomic mass is 9.44. The molecule has 4 nitrogen and oxygen atoms in total. The van der Waals surface area contributed by atoms with E-state index in [1.165, 1.54) is 19.1 Å². The van der Waals surface area contributed by atoms with Crippen molar-refractivity contribution < 1.29 is 33.0 Å². The van der Waals surface area contributed by atoms with Crippen molar-refractivity contribution in [3.8, 4) is 0 Å². The second kappa shape index (κ2) is 6.69. The Kier molecular flexibility index (Phi) is 4.92. The summed E-state index contributed by atoms with van der Waals surface area (Å²) in [7, 11) is 0. The van der Waals surface area contributed by atoms with E-state index in [1.54, 1.807) is 13.8 Å². The molecule has 4 rings (SSSR count). The Bertz CT molecular complexity index is 861. The van der Waals surface area contributed by atoms with Gasteiger partial charge in [-0.05, 0) is 55.7 Å². The zero-order valence-corrected chi connectivity index (χ0v) is 18.0. The number of aliphatic hydroxyl groups is 2. The first kappa shape index (κ1) is 22.1. The van der Waals surface area contributed by atoms with Crippen molar-refractivity contribution in [2.45, 2.75) is 63.6 Å². The molecule has 4 aliphatic carbocycles. The highest BCUT2D eigenvalue weighted by atomic mass is 32.2. The van der Waals surface area contributed by atoms with Crippen molar-refractivity contribution in [3.05, 3.63) is 23.8 Å². The van der Waals surface area contributed by atoms with E-state index in [1.807, 2.05) is 0 Å². The molecule has 2 unspecified atom stereocenters. The zero-order valence-electron chi connectivity index (χ0n) is 17.2. The number of alkyl halides is 3. The predicted molar refractivity (Wildman–Crippen MR) is 107 cm³/mol. The molecule has 0 aromatic rings. The van der Waals surface area contributed by atoms with E-state index in [2.05, 4.69) is 0 Å². The lowest BCUT2D eigenvalue weighted by Crippen LogP contribution is -2.70. The largest absolute Gasteiger partial charge is 0.390 e. The maximum absolute atomic E-state index is 16.9. The summed E-state index contributed by atoms with van der Waals surface area (Å²) in [6.07, 6.45) is 0.306. The smallest absolute Gasteiger partial charge is 0.223 e. The summed E-state index contributed by atoms with van der Waals surface area (Å²) in [5, 5.41) is 21.9. The van der Waals surface area contributed by atoms with Crippen LogP contribution in [0.4, 0.5) is 13.2 Å². The van der Waals surface area contributed by atoms with Gasteiger partial charge < -0.3 is 10.2 Å². The molecule has 3 saturated carbocycles. The van der Waals surface area contributed by atoms with Crippen LogP contribution in [0, 0.1) is 28.6 Å². The molecule has 9 atom stereocenters. The molecule has 0 bridgehead atoms. The first-order valence-corrected chi connectivity index (χ1v) is 11.3. The minimum Gasteiger partial charge on any atom is -0.390 e. The Labute approximate surface area is 178 Å². The molecule has 2 N–H and O–H groups in total. The number of allylic oxidation sites excluding steroid dienone is 4. The van der Waals surface area contributed by atoms with E-state index in [4.69, 9.17) is 0 Å². The molecule has 0 amide bonds. The third-order valence-electron chi connectivity index (χ3n) is 8.71. The average molecular weight is 445 g/mol. The molecular formula is C22H27F3O4S. The van der Waals surface area contributed by atoms with Crippen molar-refractivity contribution in [1.29, 1.82) is 0 Å². The van der Waals surface area contributed by atoms with Crippen LogP contribution in [0.25, 0.3) is 0 Å². The van der Waals surface area contributed by atoms with Gasteiger partial charge in [-0.25, -0.2) is 13.2 Å². The number of rotatable bonds is 2. The SMILES string of the molecule is C[C@@H]1CC2[C@@H]3C[C@H](F)C4=CC(=O)C=C[C@]4(C)[C@@]3(F)C(O)C[C@]2(C)[C@@]1(O)C(=O)SCF. The number of halogens is 3. The maximum atomic E-state index is 16.9. The summed E-state index contributed by atoms with van der Waals surface area (Å²) in [6, 6.07) is -0.995. The van der Waals surface area contributed by atoms with E-state index in [-0.39, 0.29) is 24.8 Å².